The van der Waals surface area contributed by atoms with Crippen LogP contribution in [-0.2, 0) is 13.5 Å². The van der Waals surface area contributed by atoms with Crippen LogP contribution in [0, 0.1) is 5.92 Å². The van der Waals surface area contributed by atoms with E-state index < -0.39 is 0 Å². The Morgan fingerprint density at radius 2 is 2.25 bits per heavy atom. The Balaban J connectivity index is 2.52. The molecule has 1 aromatic rings. The van der Waals surface area contributed by atoms with Gasteiger partial charge in [-0.2, -0.15) is 5.10 Å². The number of nitrogens with two attached hydrogens (primary N) is 1. The Hall–Kier alpha value is -0.830. The summed E-state index contributed by atoms with van der Waals surface area (Å²) in [5, 5.41) is 4.10. The van der Waals surface area contributed by atoms with E-state index in [0.717, 1.165) is 6.42 Å². The van der Waals surface area contributed by atoms with Crippen molar-refractivity contribution >= 4 is 0 Å². The molecule has 0 spiro atoms. The van der Waals surface area contributed by atoms with E-state index in [1.165, 1.54) is 5.56 Å². The maximum absolute atomic E-state index is 5.76. The maximum Gasteiger partial charge on any atom is 0.0521 e. The van der Waals surface area contributed by atoms with Gasteiger partial charge in [0.1, 0.15) is 0 Å². The second kappa shape index (κ2) is 3.72. The first-order chi connectivity index (χ1) is 5.59. The molecule has 0 radical (unpaired) electrons. The van der Waals surface area contributed by atoms with Gasteiger partial charge >= 0.3 is 0 Å². The first-order valence-electron chi connectivity index (χ1n) is 4.32. The van der Waals surface area contributed by atoms with Crippen molar-refractivity contribution in [3.05, 3.63) is 18.0 Å². The second-order valence-electron chi connectivity index (χ2n) is 3.56. The lowest BCUT2D eigenvalue weighted by molar-refractivity contribution is 0.481. The van der Waals surface area contributed by atoms with Crippen LogP contribution in [-0.4, -0.2) is 15.8 Å². The van der Waals surface area contributed by atoms with E-state index in [0.29, 0.717) is 5.92 Å². The predicted octanol–water partition coefficient (Wildman–Crippen LogP) is 0.946. The molecule has 0 aliphatic carbocycles. The van der Waals surface area contributed by atoms with Crippen molar-refractivity contribution in [2.75, 3.05) is 0 Å². The van der Waals surface area contributed by atoms with Crippen LogP contribution in [0.1, 0.15) is 19.4 Å². The van der Waals surface area contributed by atoms with Crippen molar-refractivity contribution in [1.29, 1.82) is 0 Å². The van der Waals surface area contributed by atoms with Crippen LogP contribution >= 0.6 is 0 Å². The Labute approximate surface area is 73.6 Å². The Kier molecular flexibility index (Phi) is 2.87. The maximum atomic E-state index is 5.76. The van der Waals surface area contributed by atoms with Gasteiger partial charge in [-0.15, -0.1) is 0 Å². The number of nitrogens with zero attached hydrogens (tertiary/aromatic N) is 2. The number of hydrogen-bond donors (Lipinski definition) is 1. The highest BCUT2D eigenvalue weighted by atomic mass is 15.2. The van der Waals surface area contributed by atoms with Gasteiger partial charge in [-0.3, -0.25) is 4.68 Å². The number of hydrogen-bond acceptors (Lipinski definition) is 2. The molecule has 0 aromatic carbocycles. The summed E-state index contributed by atoms with van der Waals surface area (Å²) in [5.74, 6) is 0.522. The fourth-order valence-corrected chi connectivity index (χ4v) is 1.13. The molecular weight excluding hydrogens is 150 g/mol. The monoisotopic (exact) mass is 167 g/mol. The van der Waals surface area contributed by atoms with Crippen LogP contribution in [0.15, 0.2) is 12.4 Å². The third-order valence-electron chi connectivity index (χ3n) is 2.21. The van der Waals surface area contributed by atoms with E-state index in [2.05, 4.69) is 12.0 Å². The minimum absolute atomic E-state index is 0.255. The summed E-state index contributed by atoms with van der Waals surface area (Å²) in [7, 11) is 1.93. The molecule has 2 atom stereocenters. The molecule has 3 heteroatoms. The molecule has 0 fully saturated rings. The molecule has 0 saturated carbocycles. The zero-order valence-electron chi connectivity index (χ0n) is 7.99. The average Bonchev–Trinajstić information content (AvgIpc) is 2.35. The molecule has 1 heterocycles. The molecular formula is C9H17N3. The summed E-state index contributed by atoms with van der Waals surface area (Å²) < 4.78 is 1.82. The average molecular weight is 167 g/mol. The summed E-state index contributed by atoms with van der Waals surface area (Å²) in [6.07, 6.45) is 4.96. The first kappa shape index (κ1) is 9.26. The summed E-state index contributed by atoms with van der Waals surface area (Å²) in [6.45, 7) is 4.21. The van der Waals surface area contributed by atoms with Gasteiger partial charge in [0.05, 0.1) is 6.20 Å². The van der Waals surface area contributed by atoms with Crippen molar-refractivity contribution in [3.63, 3.8) is 0 Å². The number of rotatable bonds is 3. The largest absolute Gasteiger partial charge is 0.328 e. The minimum Gasteiger partial charge on any atom is -0.328 e. The quantitative estimate of drug-likeness (QED) is 0.728. The van der Waals surface area contributed by atoms with Gasteiger partial charge in [0.2, 0.25) is 0 Å². The highest BCUT2D eigenvalue weighted by Crippen LogP contribution is 2.09. The van der Waals surface area contributed by atoms with E-state index in [1.54, 1.807) is 0 Å². The smallest absolute Gasteiger partial charge is 0.0521 e. The van der Waals surface area contributed by atoms with Gasteiger partial charge < -0.3 is 5.73 Å². The molecule has 68 valence electrons. The van der Waals surface area contributed by atoms with Crippen molar-refractivity contribution in [2.45, 2.75) is 26.3 Å². The van der Waals surface area contributed by atoms with Gasteiger partial charge in [0.15, 0.2) is 0 Å². The summed E-state index contributed by atoms with van der Waals surface area (Å²) >= 11 is 0. The Bertz CT molecular complexity index is 240. The summed E-state index contributed by atoms with van der Waals surface area (Å²) in [6, 6.07) is 0.255. The van der Waals surface area contributed by atoms with Gasteiger partial charge in [-0.1, -0.05) is 6.92 Å². The molecule has 1 rings (SSSR count). The van der Waals surface area contributed by atoms with Crippen LogP contribution in [0.4, 0.5) is 0 Å². The molecule has 1 aromatic heterocycles. The zero-order valence-corrected chi connectivity index (χ0v) is 7.99. The lowest BCUT2D eigenvalue weighted by atomic mass is 9.97. The van der Waals surface area contributed by atoms with Crippen molar-refractivity contribution in [2.24, 2.45) is 18.7 Å². The van der Waals surface area contributed by atoms with Crippen molar-refractivity contribution < 1.29 is 0 Å². The normalized spacial score (nSPS) is 16.0. The lowest BCUT2D eigenvalue weighted by Crippen LogP contribution is -2.25. The molecule has 0 aliphatic heterocycles. The van der Waals surface area contributed by atoms with E-state index in [4.69, 9.17) is 5.73 Å². The third-order valence-corrected chi connectivity index (χ3v) is 2.21. The number of aryl methyl sites for hydroxylation is 1. The summed E-state index contributed by atoms with van der Waals surface area (Å²) in [4.78, 5) is 0. The highest BCUT2D eigenvalue weighted by Gasteiger charge is 2.08. The van der Waals surface area contributed by atoms with Crippen molar-refractivity contribution in [1.82, 2.24) is 9.78 Å². The van der Waals surface area contributed by atoms with Gasteiger partial charge in [0, 0.05) is 19.3 Å². The Morgan fingerprint density at radius 1 is 1.58 bits per heavy atom. The van der Waals surface area contributed by atoms with Crippen LogP contribution in [0.5, 0.6) is 0 Å². The zero-order chi connectivity index (χ0) is 9.14. The lowest BCUT2D eigenvalue weighted by Gasteiger charge is -2.13. The standard InChI is InChI=1S/C9H17N3/c1-7(8(2)10)4-9-5-11-12(3)6-9/h5-8H,4,10H2,1-3H3. The predicted molar refractivity (Wildman–Crippen MR) is 49.7 cm³/mol. The number of aromatic nitrogens is 2. The molecule has 12 heavy (non-hydrogen) atoms. The molecule has 2 N–H and O–H groups in total. The first-order valence-corrected chi connectivity index (χ1v) is 4.32. The molecule has 2 unspecified atom stereocenters. The molecule has 0 aliphatic rings. The summed E-state index contributed by atoms with van der Waals surface area (Å²) in [5.41, 5.74) is 7.03. The SMILES string of the molecule is CC(N)C(C)Cc1cnn(C)c1. The van der Waals surface area contributed by atoms with Gasteiger partial charge in [0.25, 0.3) is 0 Å². The van der Waals surface area contributed by atoms with E-state index in [1.807, 2.05) is 31.0 Å². The molecule has 0 bridgehead atoms. The van der Waals surface area contributed by atoms with Crippen LogP contribution in [0.3, 0.4) is 0 Å². The highest BCUT2D eigenvalue weighted by molar-refractivity contribution is 5.04. The fraction of sp³-hybridized carbons (Fsp3) is 0.667. The van der Waals surface area contributed by atoms with Crippen molar-refractivity contribution in [3.8, 4) is 0 Å². The molecule has 0 amide bonds. The molecule has 3 nitrogen and oxygen atoms in total. The van der Waals surface area contributed by atoms with Gasteiger partial charge in [-0.25, -0.2) is 0 Å². The second-order valence-corrected chi connectivity index (χ2v) is 3.56. The fourth-order valence-electron chi connectivity index (χ4n) is 1.13. The van der Waals surface area contributed by atoms with E-state index in [9.17, 15) is 0 Å². The topological polar surface area (TPSA) is 43.8 Å². The van der Waals surface area contributed by atoms with Gasteiger partial charge in [-0.05, 0) is 24.8 Å². The van der Waals surface area contributed by atoms with Crippen LogP contribution in [0.2, 0.25) is 0 Å². The third kappa shape index (κ3) is 2.34. The van der Waals surface area contributed by atoms with Crippen LogP contribution in [0.25, 0.3) is 0 Å². The van der Waals surface area contributed by atoms with E-state index >= 15 is 0 Å². The Morgan fingerprint density at radius 3 is 2.67 bits per heavy atom. The molecule has 0 saturated heterocycles. The minimum atomic E-state index is 0.255. The van der Waals surface area contributed by atoms with Crippen LogP contribution < -0.4 is 5.73 Å². The van der Waals surface area contributed by atoms with E-state index in [-0.39, 0.29) is 6.04 Å².